The number of aryl methyl sites for hydroxylation is 1. The zero-order chi connectivity index (χ0) is 16.5. The number of benzene rings is 2. The minimum atomic E-state index is -0.827. The number of ether oxygens (including phenoxy) is 1. The van der Waals surface area contributed by atoms with E-state index in [1.807, 2.05) is 35.8 Å². The Bertz CT molecular complexity index is 640. The van der Waals surface area contributed by atoms with Crippen LogP contribution < -0.4 is 5.48 Å². The number of hydroxylamine groups is 1. The lowest BCUT2D eigenvalue weighted by Crippen LogP contribution is -2.27. The van der Waals surface area contributed by atoms with Crippen molar-refractivity contribution in [3.63, 3.8) is 0 Å². The van der Waals surface area contributed by atoms with Crippen LogP contribution in [0.3, 0.4) is 0 Å². The Morgan fingerprint density at radius 2 is 1.65 bits per heavy atom. The van der Waals surface area contributed by atoms with Crippen LogP contribution in [-0.4, -0.2) is 17.2 Å². The number of carbonyl (C=O) groups excluding carboxylic acids is 2. The van der Waals surface area contributed by atoms with Crippen LogP contribution >= 0.6 is 0 Å². The lowest BCUT2D eigenvalue weighted by atomic mass is 10.1. The monoisotopic (exact) mass is 315 g/mol. The molecule has 0 saturated carbocycles. The van der Waals surface area contributed by atoms with Crippen molar-refractivity contribution in [3.05, 3.63) is 65.7 Å². The molecule has 6 nitrogen and oxygen atoms in total. The van der Waals surface area contributed by atoms with Crippen molar-refractivity contribution < 1.29 is 24.3 Å². The van der Waals surface area contributed by atoms with E-state index in [1.54, 1.807) is 24.3 Å². The molecule has 2 rings (SSSR count). The molecule has 0 saturated heterocycles. The molecular weight excluding hydrogens is 298 g/mol. The fraction of sp³-hybridized carbons (Fsp3) is 0.176. The number of hydrogen-bond donors (Lipinski definition) is 2. The van der Waals surface area contributed by atoms with Crippen molar-refractivity contribution in [2.45, 2.75) is 19.4 Å². The van der Waals surface area contributed by atoms with Crippen LogP contribution in [0.4, 0.5) is 4.79 Å². The molecule has 0 aliphatic carbocycles. The second kappa shape index (κ2) is 8.43. The predicted molar refractivity (Wildman–Crippen MR) is 82.3 cm³/mol. The number of amides is 1. The van der Waals surface area contributed by atoms with E-state index in [1.165, 1.54) is 0 Å². The Morgan fingerprint density at radius 1 is 0.957 bits per heavy atom. The number of phenols is 1. The molecule has 0 fully saturated rings. The third-order valence-corrected chi connectivity index (χ3v) is 3.02. The smallest absolute Gasteiger partial charge is 0.441 e. The van der Waals surface area contributed by atoms with Crippen molar-refractivity contribution in [1.82, 2.24) is 5.48 Å². The van der Waals surface area contributed by atoms with Gasteiger partial charge >= 0.3 is 12.1 Å². The van der Waals surface area contributed by atoms with Crippen LogP contribution in [0.1, 0.15) is 17.5 Å². The molecule has 6 heteroatoms. The van der Waals surface area contributed by atoms with Gasteiger partial charge in [0.15, 0.2) is 0 Å². The zero-order valence-electron chi connectivity index (χ0n) is 12.4. The topological polar surface area (TPSA) is 84.9 Å². The van der Waals surface area contributed by atoms with E-state index in [2.05, 4.69) is 4.84 Å². The molecular formula is C17H17NO5. The second-order valence-corrected chi connectivity index (χ2v) is 4.80. The Kier molecular flexibility index (Phi) is 5.99. The third kappa shape index (κ3) is 6.09. The zero-order valence-corrected chi connectivity index (χ0v) is 12.4. The standard InChI is InChI=1S/C17H17NO5/c19-15-9-6-13(7-10-15)8-11-16(20)23-18-17(21)22-12-14-4-2-1-3-5-14/h1-7,9-10,19H,8,11-12H2,(H,18,21). The maximum Gasteiger partial charge on any atom is 0.441 e. The number of nitrogens with one attached hydrogen (secondary N) is 1. The number of aromatic hydroxyl groups is 1. The van der Waals surface area contributed by atoms with Crippen molar-refractivity contribution in [3.8, 4) is 5.75 Å². The van der Waals surface area contributed by atoms with Gasteiger partial charge in [0.1, 0.15) is 12.4 Å². The summed E-state index contributed by atoms with van der Waals surface area (Å²) in [4.78, 5) is 27.5. The average Bonchev–Trinajstić information content (AvgIpc) is 2.58. The van der Waals surface area contributed by atoms with E-state index in [4.69, 9.17) is 9.84 Å². The quantitative estimate of drug-likeness (QED) is 0.829. The second-order valence-electron chi connectivity index (χ2n) is 4.80. The minimum Gasteiger partial charge on any atom is -0.508 e. The van der Waals surface area contributed by atoms with Crippen LogP contribution in [0.15, 0.2) is 54.6 Å². The normalized spacial score (nSPS) is 9.91. The molecule has 2 aromatic carbocycles. The molecule has 0 aliphatic heterocycles. The molecule has 0 bridgehead atoms. The summed E-state index contributed by atoms with van der Waals surface area (Å²) in [6.45, 7) is 0.0950. The van der Waals surface area contributed by atoms with Gasteiger partial charge in [0, 0.05) is 0 Å². The highest BCUT2D eigenvalue weighted by molar-refractivity contribution is 5.73. The van der Waals surface area contributed by atoms with Gasteiger partial charge in [-0.1, -0.05) is 42.5 Å². The lowest BCUT2D eigenvalue weighted by Gasteiger charge is -2.07. The van der Waals surface area contributed by atoms with Gasteiger partial charge in [0.2, 0.25) is 0 Å². The Balaban J connectivity index is 1.63. The lowest BCUT2D eigenvalue weighted by molar-refractivity contribution is -0.149. The first-order valence-electron chi connectivity index (χ1n) is 7.08. The van der Waals surface area contributed by atoms with E-state index >= 15 is 0 Å². The first kappa shape index (κ1) is 16.4. The highest BCUT2D eigenvalue weighted by atomic mass is 16.7. The van der Waals surface area contributed by atoms with Gasteiger partial charge in [0.25, 0.3) is 0 Å². The molecule has 2 aromatic rings. The van der Waals surface area contributed by atoms with E-state index in [0.29, 0.717) is 6.42 Å². The summed E-state index contributed by atoms with van der Waals surface area (Å²) in [7, 11) is 0. The van der Waals surface area contributed by atoms with Crippen molar-refractivity contribution in [2.75, 3.05) is 0 Å². The third-order valence-electron chi connectivity index (χ3n) is 3.02. The summed E-state index contributed by atoms with van der Waals surface area (Å²) >= 11 is 0. The summed E-state index contributed by atoms with van der Waals surface area (Å²) in [6, 6.07) is 15.7. The molecule has 0 unspecified atom stereocenters. The van der Waals surface area contributed by atoms with Crippen LogP contribution in [0.5, 0.6) is 5.75 Å². The average molecular weight is 315 g/mol. The Labute approximate surface area is 133 Å². The molecule has 0 aromatic heterocycles. The molecule has 2 N–H and O–H groups in total. The molecule has 120 valence electrons. The number of carbonyl (C=O) groups is 2. The fourth-order valence-electron chi connectivity index (χ4n) is 1.81. The van der Waals surface area contributed by atoms with Gasteiger partial charge in [-0.3, -0.25) is 0 Å². The van der Waals surface area contributed by atoms with Crippen LogP contribution in [0.2, 0.25) is 0 Å². The summed E-state index contributed by atoms with van der Waals surface area (Å²) in [5.74, 6) is -0.408. The van der Waals surface area contributed by atoms with Gasteiger partial charge < -0.3 is 14.7 Å². The van der Waals surface area contributed by atoms with Gasteiger partial charge in [-0.05, 0) is 29.7 Å². The van der Waals surface area contributed by atoms with E-state index in [0.717, 1.165) is 11.1 Å². The maximum absolute atomic E-state index is 11.5. The van der Waals surface area contributed by atoms with Crippen molar-refractivity contribution in [1.29, 1.82) is 0 Å². The molecule has 0 aliphatic rings. The van der Waals surface area contributed by atoms with Crippen LogP contribution in [0.25, 0.3) is 0 Å². The van der Waals surface area contributed by atoms with Gasteiger partial charge in [0.05, 0.1) is 6.42 Å². The number of hydrogen-bond acceptors (Lipinski definition) is 5. The maximum atomic E-state index is 11.5. The molecule has 0 radical (unpaired) electrons. The highest BCUT2D eigenvalue weighted by Gasteiger charge is 2.08. The van der Waals surface area contributed by atoms with Gasteiger partial charge in [-0.2, -0.15) is 0 Å². The number of rotatable bonds is 5. The predicted octanol–water partition coefficient (Wildman–Crippen LogP) is 2.71. The highest BCUT2D eigenvalue weighted by Crippen LogP contribution is 2.11. The first-order chi connectivity index (χ1) is 11.1. The van der Waals surface area contributed by atoms with Crippen LogP contribution in [0, 0.1) is 0 Å². The number of phenolic OH excluding ortho intramolecular Hbond substituents is 1. The SMILES string of the molecule is O=C(CCc1ccc(O)cc1)ONC(=O)OCc1ccccc1. The largest absolute Gasteiger partial charge is 0.508 e. The van der Waals surface area contributed by atoms with Gasteiger partial charge in [-0.25, -0.2) is 9.59 Å². The van der Waals surface area contributed by atoms with E-state index in [-0.39, 0.29) is 18.8 Å². The molecule has 0 spiro atoms. The first-order valence-corrected chi connectivity index (χ1v) is 7.08. The summed E-state index contributed by atoms with van der Waals surface area (Å²) in [5.41, 5.74) is 3.66. The Morgan fingerprint density at radius 3 is 2.35 bits per heavy atom. The molecule has 1 amide bonds. The van der Waals surface area contributed by atoms with Crippen molar-refractivity contribution >= 4 is 12.1 Å². The van der Waals surface area contributed by atoms with Crippen LogP contribution in [-0.2, 0) is 27.4 Å². The summed E-state index contributed by atoms with van der Waals surface area (Å²) in [6.07, 6.45) is -0.282. The molecule has 0 atom stereocenters. The van der Waals surface area contributed by atoms with Gasteiger partial charge in [-0.15, -0.1) is 5.48 Å². The molecule has 23 heavy (non-hydrogen) atoms. The Hall–Kier alpha value is -3.02. The van der Waals surface area contributed by atoms with E-state index in [9.17, 15) is 9.59 Å². The van der Waals surface area contributed by atoms with Crippen molar-refractivity contribution in [2.24, 2.45) is 0 Å². The van der Waals surface area contributed by atoms with E-state index < -0.39 is 12.1 Å². The molecule has 0 heterocycles. The summed E-state index contributed by atoms with van der Waals surface area (Å²) < 4.78 is 4.90. The minimum absolute atomic E-state index is 0.0950. The summed E-state index contributed by atoms with van der Waals surface area (Å²) in [5, 5.41) is 9.16. The fourth-order valence-corrected chi connectivity index (χ4v) is 1.81.